The van der Waals surface area contributed by atoms with Crippen LogP contribution in [0.3, 0.4) is 0 Å². The lowest BCUT2D eigenvalue weighted by Crippen LogP contribution is -2.18. The Hall–Kier alpha value is -3.12. The van der Waals surface area contributed by atoms with Gasteiger partial charge in [0.05, 0.1) is 6.42 Å². The Kier molecular flexibility index (Phi) is 5.11. The first-order valence-corrected chi connectivity index (χ1v) is 9.71. The first-order chi connectivity index (χ1) is 13.9. The first kappa shape index (κ1) is 19.2. The third-order valence-electron chi connectivity index (χ3n) is 5.26. The number of hydrogen-bond acceptors (Lipinski definition) is 2. The van der Waals surface area contributed by atoms with Gasteiger partial charge in [-0.3, -0.25) is 4.79 Å². The Morgan fingerprint density at radius 3 is 2.79 bits per heavy atom. The van der Waals surface area contributed by atoms with E-state index in [1.165, 1.54) is 12.1 Å². The highest BCUT2D eigenvalue weighted by molar-refractivity contribution is 5.98. The number of nitrogens with one attached hydrogen (secondary N) is 2. The van der Waals surface area contributed by atoms with Crippen molar-refractivity contribution in [3.8, 4) is 0 Å². The van der Waals surface area contributed by atoms with Crippen LogP contribution in [0.1, 0.15) is 11.3 Å². The molecule has 2 heterocycles. The fraction of sp³-hybridized carbons (Fsp3) is 0.261. The maximum Gasteiger partial charge on any atom is 0.228 e. The van der Waals surface area contributed by atoms with Crippen molar-refractivity contribution in [2.75, 3.05) is 26.0 Å². The number of carbonyl (C=O) groups is 1. The second-order valence-corrected chi connectivity index (χ2v) is 7.73. The zero-order chi connectivity index (χ0) is 20.5. The van der Waals surface area contributed by atoms with Gasteiger partial charge in [0.25, 0.3) is 0 Å². The molecule has 0 saturated heterocycles. The molecule has 29 heavy (non-hydrogen) atoms. The van der Waals surface area contributed by atoms with Gasteiger partial charge in [-0.25, -0.2) is 4.39 Å². The molecular weight excluding hydrogens is 367 g/mol. The summed E-state index contributed by atoms with van der Waals surface area (Å²) < 4.78 is 15.9. The Labute approximate surface area is 169 Å². The largest absolute Gasteiger partial charge is 0.358 e. The fourth-order valence-electron chi connectivity index (χ4n) is 3.73. The summed E-state index contributed by atoms with van der Waals surface area (Å²) >= 11 is 0. The van der Waals surface area contributed by atoms with Gasteiger partial charge in [0.15, 0.2) is 0 Å². The van der Waals surface area contributed by atoms with Crippen LogP contribution in [0, 0.1) is 12.7 Å². The third-order valence-corrected chi connectivity index (χ3v) is 5.26. The van der Waals surface area contributed by atoms with Gasteiger partial charge in [0, 0.05) is 52.5 Å². The fourth-order valence-corrected chi connectivity index (χ4v) is 3.73. The van der Waals surface area contributed by atoms with E-state index in [-0.39, 0.29) is 18.1 Å². The molecule has 0 aliphatic rings. The second-order valence-electron chi connectivity index (χ2n) is 7.73. The van der Waals surface area contributed by atoms with Crippen LogP contribution in [-0.4, -0.2) is 41.0 Å². The number of likely N-dealkylation sites (N-methyl/N-ethyl adjacent to an activating group) is 1. The summed E-state index contributed by atoms with van der Waals surface area (Å²) in [4.78, 5) is 18.0. The highest BCUT2D eigenvalue weighted by Gasteiger charge is 2.14. The lowest BCUT2D eigenvalue weighted by molar-refractivity contribution is -0.115. The molecule has 1 amide bonds. The molecule has 0 bridgehead atoms. The summed E-state index contributed by atoms with van der Waals surface area (Å²) in [6, 6.07) is 12.6. The van der Waals surface area contributed by atoms with Crippen LogP contribution >= 0.6 is 0 Å². The average Bonchev–Trinajstić information content (AvgIpc) is 3.20. The predicted octanol–water partition coefficient (Wildman–Crippen LogP) is 4.31. The Morgan fingerprint density at radius 2 is 2.00 bits per heavy atom. The van der Waals surface area contributed by atoms with Gasteiger partial charge in [-0.15, -0.1) is 0 Å². The van der Waals surface area contributed by atoms with E-state index in [4.69, 9.17) is 0 Å². The van der Waals surface area contributed by atoms with Crippen LogP contribution in [0.5, 0.6) is 0 Å². The minimum absolute atomic E-state index is 0.121. The molecular formula is C23H25FN4O. The van der Waals surface area contributed by atoms with E-state index in [1.807, 2.05) is 25.1 Å². The van der Waals surface area contributed by atoms with E-state index in [2.05, 4.69) is 46.1 Å². The standard InChI is InChI=1S/C23H25FN4O/c1-15-19(20-13-17(24)4-6-21(20)25-15)14-23(29)26-18-5-7-22-16(12-18)8-9-28(22)11-10-27(2)3/h4-9,12-13,25H,10-11,14H2,1-3H3,(H,26,29). The van der Waals surface area contributed by atoms with Crippen LogP contribution in [0.2, 0.25) is 0 Å². The molecule has 0 fully saturated rings. The summed E-state index contributed by atoms with van der Waals surface area (Å²) in [7, 11) is 4.12. The van der Waals surface area contributed by atoms with Crippen molar-refractivity contribution in [2.24, 2.45) is 0 Å². The van der Waals surface area contributed by atoms with Crippen LogP contribution in [-0.2, 0) is 17.8 Å². The molecule has 2 aromatic carbocycles. The normalized spacial score (nSPS) is 11.6. The number of aryl methyl sites for hydroxylation is 1. The summed E-state index contributed by atoms with van der Waals surface area (Å²) in [5.74, 6) is -0.424. The molecule has 4 rings (SSSR count). The minimum atomic E-state index is -0.303. The number of aromatic nitrogens is 2. The van der Waals surface area contributed by atoms with Gasteiger partial charge >= 0.3 is 0 Å². The Bertz CT molecular complexity index is 1190. The zero-order valence-electron chi connectivity index (χ0n) is 16.9. The molecule has 0 unspecified atom stereocenters. The van der Waals surface area contributed by atoms with Gasteiger partial charge in [-0.1, -0.05) is 0 Å². The van der Waals surface area contributed by atoms with Gasteiger partial charge in [-0.05, 0) is 69.0 Å². The molecule has 0 saturated carbocycles. The maximum atomic E-state index is 13.6. The average molecular weight is 392 g/mol. The number of fused-ring (bicyclic) bond motifs is 2. The topological polar surface area (TPSA) is 53.1 Å². The van der Waals surface area contributed by atoms with Crippen molar-refractivity contribution in [2.45, 2.75) is 19.9 Å². The van der Waals surface area contributed by atoms with Gasteiger partial charge in [0.1, 0.15) is 5.82 Å². The number of carbonyl (C=O) groups excluding carboxylic acids is 1. The lowest BCUT2D eigenvalue weighted by atomic mass is 10.1. The molecule has 0 aliphatic carbocycles. The van der Waals surface area contributed by atoms with Crippen LogP contribution < -0.4 is 5.32 Å². The number of benzene rings is 2. The summed E-state index contributed by atoms with van der Waals surface area (Å²) in [5, 5.41) is 4.82. The van der Waals surface area contributed by atoms with Crippen molar-refractivity contribution in [3.05, 3.63) is 65.7 Å². The van der Waals surface area contributed by atoms with Crippen LogP contribution in [0.4, 0.5) is 10.1 Å². The number of anilines is 1. The highest BCUT2D eigenvalue weighted by atomic mass is 19.1. The quantitative estimate of drug-likeness (QED) is 0.514. The van der Waals surface area contributed by atoms with Crippen molar-refractivity contribution in [1.82, 2.24) is 14.5 Å². The number of rotatable bonds is 6. The third kappa shape index (κ3) is 4.03. The SMILES string of the molecule is Cc1[nH]c2ccc(F)cc2c1CC(=O)Nc1ccc2c(ccn2CCN(C)C)c1. The molecule has 2 N–H and O–H groups in total. The zero-order valence-corrected chi connectivity index (χ0v) is 16.9. The molecule has 0 aliphatic heterocycles. The van der Waals surface area contributed by atoms with Crippen molar-refractivity contribution in [1.29, 1.82) is 0 Å². The van der Waals surface area contributed by atoms with Gasteiger partial charge < -0.3 is 19.8 Å². The summed E-state index contributed by atoms with van der Waals surface area (Å²) in [5.41, 5.74) is 4.46. The predicted molar refractivity (Wildman–Crippen MR) is 116 cm³/mol. The highest BCUT2D eigenvalue weighted by Crippen LogP contribution is 2.25. The number of hydrogen-bond donors (Lipinski definition) is 2. The van der Waals surface area contributed by atoms with Crippen LogP contribution in [0.15, 0.2) is 48.7 Å². The van der Waals surface area contributed by atoms with Crippen molar-refractivity contribution >= 4 is 33.4 Å². The van der Waals surface area contributed by atoms with E-state index in [0.717, 1.165) is 51.8 Å². The monoisotopic (exact) mass is 392 g/mol. The smallest absolute Gasteiger partial charge is 0.228 e. The van der Waals surface area contributed by atoms with Gasteiger partial charge in [-0.2, -0.15) is 0 Å². The lowest BCUT2D eigenvalue weighted by Gasteiger charge is -2.11. The molecule has 6 heteroatoms. The van der Waals surface area contributed by atoms with E-state index in [9.17, 15) is 9.18 Å². The molecule has 0 atom stereocenters. The van der Waals surface area contributed by atoms with E-state index in [0.29, 0.717) is 0 Å². The van der Waals surface area contributed by atoms with Gasteiger partial charge in [0.2, 0.25) is 5.91 Å². The minimum Gasteiger partial charge on any atom is -0.358 e. The maximum absolute atomic E-state index is 13.6. The second kappa shape index (κ2) is 7.72. The molecule has 4 aromatic rings. The number of amides is 1. The van der Waals surface area contributed by atoms with E-state index >= 15 is 0 Å². The molecule has 0 spiro atoms. The van der Waals surface area contributed by atoms with E-state index in [1.54, 1.807) is 6.07 Å². The molecule has 0 radical (unpaired) electrons. The number of H-pyrrole nitrogens is 1. The van der Waals surface area contributed by atoms with Crippen LogP contribution in [0.25, 0.3) is 21.8 Å². The van der Waals surface area contributed by atoms with Crippen molar-refractivity contribution in [3.63, 3.8) is 0 Å². The Morgan fingerprint density at radius 1 is 1.17 bits per heavy atom. The Balaban J connectivity index is 1.51. The number of halogens is 1. The summed E-state index contributed by atoms with van der Waals surface area (Å²) in [6.45, 7) is 3.79. The molecule has 5 nitrogen and oxygen atoms in total. The summed E-state index contributed by atoms with van der Waals surface area (Å²) in [6.07, 6.45) is 2.26. The molecule has 2 aromatic heterocycles. The number of nitrogens with zero attached hydrogens (tertiary/aromatic N) is 2. The van der Waals surface area contributed by atoms with E-state index < -0.39 is 0 Å². The van der Waals surface area contributed by atoms with Crippen molar-refractivity contribution < 1.29 is 9.18 Å². The molecule has 150 valence electrons. The first-order valence-electron chi connectivity index (χ1n) is 9.71. The number of aromatic amines is 1.